The van der Waals surface area contributed by atoms with Crippen LogP contribution in [0.3, 0.4) is 0 Å². The van der Waals surface area contributed by atoms with Crippen LogP contribution in [0.2, 0.25) is 0 Å². The van der Waals surface area contributed by atoms with Crippen molar-refractivity contribution < 1.29 is 0 Å². The fourth-order valence-corrected chi connectivity index (χ4v) is 2.38. The molecule has 1 aliphatic carbocycles. The fourth-order valence-electron chi connectivity index (χ4n) is 2.38. The molecule has 1 N–H and O–H groups in total. The molecule has 1 saturated carbocycles. The number of aryl methyl sites for hydroxylation is 1. The van der Waals surface area contributed by atoms with Crippen molar-refractivity contribution in [3.63, 3.8) is 0 Å². The lowest BCUT2D eigenvalue weighted by atomic mass is 9.98. The Kier molecular flexibility index (Phi) is 2.87. The van der Waals surface area contributed by atoms with Crippen LogP contribution >= 0.6 is 0 Å². The first-order valence-electron chi connectivity index (χ1n) is 6.28. The Morgan fingerprint density at radius 1 is 1.38 bits per heavy atom. The highest BCUT2D eigenvalue weighted by molar-refractivity contribution is 5.26. The Morgan fingerprint density at radius 3 is 2.44 bits per heavy atom. The summed E-state index contributed by atoms with van der Waals surface area (Å²) < 4.78 is 2.27. The van der Waals surface area contributed by atoms with Crippen LogP contribution in [0.15, 0.2) is 6.07 Å². The molecular formula is C14H24N2. The van der Waals surface area contributed by atoms with Gasteiger partial charge in [0, 0.05) is 30.5 Å². The summed E-state index contributed by atoms with van der Waals surface area (Å²) in [5, 5.41) is 3.71. The molecule has 1 heterocycles. The minimum atomic E-state index is 0.302. The fraction of sp³-hybridized carbons (Fsp3) is 0.714. The van der Waals surface area contributed by atoms with Gasteiger partial charge in [0.15, 0.2) is 0 Å². The number of aromatic nitrogens is 1. The van der Waals surface area contributed by atoms with Crippen molar-refractivity contribution >= 4 is 0 Å². The average Bonchev–Trinajstić information content (AvgIpc) is 3.02. The zero-order chi connectivity index (χ0) is 11.9. The van der Waals surface area contributed by atoms with Crippen molar-refractivity contribution in [1.82, 2.24) is 9.88 Å². The van der Waals surface area contributed by atoms with Crippen LogP contribution in [0.4, 0.5) is 0 Å². The first-order valence-corrected chi connectivity index (χ1v) is 6.28. The average molecular weight is 220 g/mol. The third-order valence-corrected chi connectivity index (χ3v) is 4.21. The molecule has 1 fully saturated rings. The maximum Gasteiger partial charge on any atom is 0.0228 e. The van der Waals surface area contributed by atoms with E-state index in [-0.39, 0.29) is 0 Å². The topological polar surface area (TPSA) is 17.0 Å². The van der Waals surface area contributed by atoms with Gasteiger partial charge >= 0.3 is 0 Å². The summed E-state index contributed by atoms with van der Waals surface area (Å²) in [6.45, 7) is 10.0. The molecule has 0 aromatic carbocycles. The van der Waals surface area contributed by atoms with Crippen molar-refractivity contribution in [3.8, 4) is 0 Å². The predicted octanol–water partition coefficient (Wildman–Crippen LogP) is 2.92. The van der Waals surface area contributed by atoms with E-state index in [0.717, 1.165) is 12.5 Å². The summed E-state index contributed by atoms with van der Waals surface area (Å²) in [5.41, 5.74) is 4.47. The molecule has 0 atom stereocenters. The van der Waals surface area contributed by atoms with E-state index in [9.17, 15) is 0 Å². The standard InChI is InChI=1S/C14H24N2/c1-10-8-12(11(2)16(10)5)9-15-14(3,4)13-6-7-13/h8,13,15H,6-7,9H2,1-5H3. The van der Waals surface area contributed by atoms with Gasteiger partial charge in [-0.2, -0.15) is 0 Å². The van der Waals surface area contributed by atoms with Gasteiger partial charge in [0.1, 0.15) is 0 Å². The maximum absolute atomic E-state index is 3.71. The maximum atomic E-state index is 3.71. The molecule has 0 bridgehead atoms. The highest BCUT2D eigenvalue weighted by Crippen LogP contribution is 2.39. The molecule has 1 aromatic rings. The number of nitrogens with zero attached hydrogens (tertiary/aromatic N) is 1. The van der Waals surface area contributed by atoms with Crippen molar-refractivity contribution in [1.29, 1.82) is 0 Å². The zero-order valence-corrected chi connectivity index (χ0v) is 11.2. The van der Waals surface area contributed by atoms with E-state index in [0.29, 0.717) is 5.54 Å². The van der Waals surface area contributed by atoms with Crippen molar-refractivity contribution in [2.24, 2.45) is 13.0 Å². The summed E-state index contributed by atoms with van der Waals surface area (Å²) in [6.07, 6.45) is 2.79. The molecule has 0 saturated heterocycles. The Balaban J connectivity index is 2.01. The van der Waals surface area contributed by atoms with Gasteiger partial charge < -0.3 is 9.88 Å². The van der Waals surface area contributed by atoms with Gasteiger partial charge in [-0.1, -0.05) is 0 Å². The second-order valence-corrected chi connectivity index (χ2v) is 5.80. The molecule has 0 spiro atoms. The molecule has 16 heavy (non-hydrogen) atoms. The highest BCUT2D eigenvalue weighted by Gasteiger charge is 2.37. The van der Waals surface area contributed by atoms with Crippen molar-refractivity contribution in [3.05, 3.63) is 23.0 Å². The van der Waals surface area contributed by atoms with Gasteiger partial charge in [0.2, 0.25) is 0 Å². The van der Waals surface area contributed by atoms with E-state index in [1.54, 1.807) is 0 Å². The van der Waals surface area contributed by atoms with Crippen LogP contribution < -0.4 is 5.32 Å². The van der Waals surface area contributed by atoms with Gasteiger partial charge in [-0.3, -0.25) is 0 Å². The molecular weight excluding hydrogens is 196 g/mol. The van der Waals surface area contributed by atoms with Crippen LogP contribution in [0.5, 0.6) is 0 Å². The molecule has 2 heteroatoms. The Labute approximate surface area is 99.0 Å². The monoisotopic (exact) mass is 220 g/mol. The second-order valence-electron chi connectivity index (χ2n) is 5.80. The van der Waals surface area contributed by atoms with E-state index < -0.39 is 0 Å². The molecule has 90 valence electrons. The van der Waals surface area contributed by atoms with E-state index in [4.69, 9.17) is 0 Å². The van der Waals surface area contributed by atoms with E-state index >= 15 is 0 Å². The van der Waals surface area contributed by atoms with Crippen LogP contribution in [0.1, 0.15) is 43.6 Å². The van der Waals surface area contributed by atoms with Crippen LogP contribution in [0.25, 0.3) is 0 Å². The smallest absolute Gasteiger partial charge is 0.0228 e. The van der Waals surface area contributed by atoms with Crippen molar-refractivity contribution in [2.45, 2.75) is 52.6 Å². The van der Waals surface area contributed by atoms with Crippen LogP contribution in [-0.4, -0.2) is 10.1 Å². The highest BCUT2D eigenvalue weighted by atomic mass is 15.0. The van der Waals surface area contributed by atoms with Gasteiger partial charge in [-0.05, 0) is 58.1 Å². The molecule has 0 radical (unpaired) electrons. The van der Waals surface area contributed by atoms with Crippen LogP contribution in [0, 0.1) is 19.8 Å². The lowest BCUT2D eigenvalue weighted by Crippen LogP contribution is -2.40. The minimum Gasteiger partial charge on any atom is -0.352 e. The lowest BCUT2D eigenvalue weighted by Gasteiger charge is -2.26. The molecule has 0 amide bonds. The van der Waals surface area contributed by atoms with E-state index in [1.807, 2.05) is 0 Å². The Bertz CT molecular complexity index is 384. The first-order chi connectivity index (χ1) is 7.42. The summed E-state index contributed by atoms with van der Waals surface area (Å²) in [6, 6.07) is 2.30. The number of hydrogen-bond acceptors (Lipinski definition) is 1. The third kappa shape index (κ3) is 2.17. The quantitative estimate of drug-likeness (QED) is 0.825. The molecule has 1 aromatic heterocycles. The minimum absolute atomic E-state index is 0.302. The zero-order valence-electron chi connectivity index (χ0n) is 11.2. The summed E-state index contributed by atoms with van der Waals surface area (Å²) in [4.78, 5) is 0. The Morgan fingerprint density at radius 2 is 2.00 bits per heavy atom. The molecule has 0 unspecified atom stereocenters. The predicted molar refractivity (Wildman–Crippen MR) is 68.5 cm³/mol. The second kappa shape index (κ2) is 3.92. The van der Waals surface area contributed by atoms with E-state index in [2.05, 4.69) is 50.7 Å². The lowest BCUT2D eigenvalue weighted by molar-refractivity contribution is 0.339. The van der Waals surface area contributed by atoms with Gasteiger partial charge in [-0.25, -0.2) is 0 Å². The van der Waals surface area contributed by atoms with Gasteiger partial charge in [-0.15, -0.1) is 0 Å². The summed E-state index contributed by atoms with van der Waals surface area (Å²) >= 11 is 0. The first kappa shape index (κ1) is 11.7. The van der Waals surface area contributed by atoms with Crippen molar-refractivity contribution in [2.75, 3.05) is 0 Å². The molecule has 2 nitrogen and oxygen atoms in total. The summed E-state index contributed by atoms with van der Waals surface area (Å²) in [5.74, 6) is 0.887. The number of nitrogens with one attached hydrogen (secondary N) is 1. The summed E-state index contributed by atoms with van der Waals surface area (Å²) in [7, 11) is 2.14. The molecule has 2 rings (SSSR count). The third-order valence-electron chi connectivity index (χ3n) is 4.21. The SMILES string of the molecule is Cc1cc(CNC(C)(C)C2CC2)c(C)n1C. The normalized spacial score (nSPS) is 16.8. The number of hydrogen-bond donors (Lipinski definition) is 1. The Hall–Kier alpha value is -0.760. The number of rotatable bonds is 4. The van der Waals surface area contributed by atoms with Crippen LogP contribution in [-0.2, 0) is 13.6 Å². The van der Waals surface area contributed by atoms with E-state index in [1.165, 1.54) is 29.8 Å². The molecule has 1 aliphatic rings. The van der Waals surface area contributed by atoms with Gasteiger partial charge in [0.05, 0.1) is 0 Å². The molecule has 0 aliphatic heterocycles. The largest absolute Gasteiger partial charge is 0.352 e. The van der Waals surface area contributed by atoms with Gasteiger partial charge in [0.25, 0.3) is 0 Å².